The number of aromatic nitrogens is 1. The zero-order valence-corrected chi connectivity index (χ0v) is 11.1. The highest BCUT2D eigenvalue weighted by Gasteiger charge is 2.23. The monoisotopic (exact) mass is 256 g/mol. The number of rotatable bonds is 4. The van der Waals surface area contributed by atoms with Crippen molar-refractivity contribution in [1.29, 1.82) is 0 Å². The van der Waals surface area contributed by atoms with Gasteiger partial charge in [-0.1, -0.05) is 12.5 Å². The van der Waals surface area contributed by atoms with Gasteiger partial charge in [0, 0.05) is 23.7 Å². The number of hydrogen-bond donors (Lipinski definition) is 1. The highest BCUT2D eigenvalue weighted by molar-refractivity contribution is 5.79. The fraction of sp³-hybridized carbons (Fsp3) is 0.438. The average molecular weight is 256 g/mol. The normalized spacial score (nSPS) is 22.8. The minimum absolute atomic E-state index is 0.377. The molecular weight excluding hydrogens is 236 g/mol. The smallest absolute Gasteiger partial charge is 0.121 e. The highest BCUT2D eigenvalue weighted by atomic mass is 16.5. The summed E-state index contributed by atoms with van der Waals surface area (Å²) >= 11 is 0. The van der Waals surface area contributed by atoms with E-state index in [0.717, 1.165) is 29.7 Å². The zero-order valence-electron chi connectivity index (χ0n) is 11.1. The second-order valence-electron chi connectivity index (χ2n) is 5.35. The van der Waals surface area contributed by atoms with Crippen LogP contribution in [0.3, 0.4) is 0 Å². The number of nitrogens with zero attached hydrogens (tertiary/aromatic N) is 1. The summed E-state index contributed by atoms with van der Waals surface area (Å²) < 4.78 is 5.83. The first-order valence-corrected chi connectivity index (χ1v) is 7.06. The molecule has 3 heteroatoms. The van der Waals surface area contributed by atoms with E-state index in [1.165, 1.54) is 19.3 Å². The molecule has 2 unspecified atom stereocenters. The van der Waals surface area contributed by atoms with Crippen LogP contribution in [0, 0.1) is 5.92 Å². The Kier molecular flexibility index (Phi) is 3.65. The number of nitrogens with two attached hydrogens (primary N) is 1. The number of benzene rings is 1. The van der Waals surface area contributed by atoms with Gasteiger partial charge >= 0.3 is 0 Å². The maximum Gasteiger partial charge on any atom is 0.121 e. The molecule has 0 bridgehead atoms. The van der Waals surface area contributed by atoms with Gasteiger partial charge in [-0.2, -0.15) is 0 Å². The van der Waals surface area contributed by atoms with Gasteiger partial charge in [-0.3, -0.25) is 4.98 Å². The summed E-state index contributed by atoms with van der Waals surface area (Å²) in [6.07, 6.45) is 6.56. The second kappa shape index (κ2) is 5.57. The van der Waals surface area contributed by atoms with Gasteiger partial charge in [-0.05, 0) is 43.4 Å². The number of ether oxygens (including phenoxy) is 1. The van der Waals surface area contributed by atoms with Gasteiger partial charge in [-0.25, -0.2) is 0 Å². The topological polar surface area (TPSA) is 48.1 Å². The molecule has 2 N–H and O–H groups in total. The van der Waals surface area contributed by atoms with Crippen LogP contribution in [-0.2, 0) is 0 Å². The van der Waals surface area contributed by atoms with Crippen LogP contribution in [0.5, 0.6) is 5.75 Å². The molecule has 1 aliphatic carbocycles. The van der Waals surface area contributed by atoms with Gasteiger partial charge in [0.25, 0.3) is 0 Å². The molecule has 0 amide bonds. The van der Waals surface area contributed by atoms with Crippen LogP contribution < -0.4 is 10.5 Å². The first kappa shape index (κ1) is 12.4. The molecule has 19 heavy (non-hydrogen) atoms. The summed E-state index contributed by atoms with van der Waals surface area (Å²) in [6, 6.07) is 10.5. The van der Waals surface area contributed by atoms with Crippen molar-refractivity contribution in [2.45, 2.75) is 31.7 Å². The molecule has 0 spiro atoms. The minimum Gasteiger partial charge on any atom is -0.494 e. The van der Waals surface area contributed by atoms with Crippen LogP contribution in [-0.4, -0.2) is 17.6 Å². The van der Waals surface area contributed by atoms with E-state index in [0.29, 0.717) is 12.0 Å². The molecule has 0 aliphatic heterocycles. The summed E-state index contributed by atoms with van der Waals surface area (Å²) in [6.45, 7) is 0.747. The fourth-order valence-electron chi connectivity index (χ4n) is 2.89. The standard InChI is InChI=1S/C16H20N2O/c17-15-5-1-3-12(15)8-10-19-14-7-6-13-4-2-9-18-16(13)11-14/h2,4,6-7,9,11-12,15H,1,3,5,8,10,17H2. The molecule has 1 fully saturated rings. The van der Waals surface area contributed by atoms with E-state index in [1.54, 1.807) is 0 Å². The van der Waals surface area contributed by atoms with Crippen LogP contribution in [0.25, 0.3) is 10.9 Å². The number of fused-ring (bicyclic) bond motifs is 1. The Balaban J connectivity index is 1.59. The average Bonchev–Trinajstić information content (AvgIpc) is 2.84. The molecule has 100 valence electrons. The van der Waals surface area contributed by atoms with Crippen molar-refractivity contribution >= 4 is 10.9 Å². The predicted molar refractivity (Wildman–Crippen MR) is 77.2 cm³/mol. The van der Waals surface area contributed by atoms with E-state index in [2.05, 4.69) is 17.1 Å². The fourth-order valence-corrected chi connectivity index (χ4v) is 2.89. The lowest BCUT2D eigenvalue weighted by Gasteiger charge is -2.15. The molecule has 1 aromatic carbocycles. The van der Waals surface area contributed by atoms with Crippen molar-refractivity contribution in [2.75, 3.05) is 6.61 Å². The molecule has 3 rings (SSSR count). The Morgan fingerprint density at radius 2 is 2.21 bits per heavy atom. The van der Waals surface area contributed by atoms with E-state index in [1.807, 2.05) is 24.4 Å². The van der Waals surface area contributed by atoms with Crippen molar-refractivity contribution < 1.29 is 4.74 Å². The Morgan fingerprint density at radius 1 is 1.26 bits per heavy atom. The van der Waals surface area contributed by atoms with Crippen molar-refractivity contribution in [3.8, 4) is 5.75 Å². The third-order valence-corrected chi connectivity index (χ3v) is 4.05. The molecule has 1 saturated carbocycles. The van der Waals surface area contributed by atoms with Gasteiger partial charge in [-0.15, -0.1) is 0 Å². The molecule has 3 nitrogen and oxygen atoms in total. The first-order valence-electron chi connectivity index (χ1n) is 7.06. The molecule has 1 heterocycles. The van der Waals surface area contributed by atoms with Gasteiger partial charge in [0.1, 0.15) is 5.75 Å². The predicted octanol–water partition coefficient (Wildman–Crippen LogP) is 3.13. The lowest BCUT2D eigenvalue weighted by atomic mass is 10.0. The van der Waals surface area contributed by atoms with Crippen LogP contribution in [0.4, 0.5) is 0 Å². The maximum atomic E-state index is 6.07. The van der Waals surface area contributed by atoms with Crippen LogP contribution >= 0.6 is 0 Å². The summed E-state index contributed by atoms with van der Waals surface area (Å²) in [4.78, 5) is 4.34. The summed E-state index contributed by atoms with van der Waals surface area (Å²) in [7, 11) is 0. The zero-order chi connectivity index (χ0) is 13.1. The SMILES string of the molecule is NC1CCCC1CCOc1ccc2cccnc2c1. The first-order chi connectivity index (χ1) is 9.33. The lowest BCUT2D eigenvalue weighted by molar-refractivity contribution is 0.271. The highest BCUT2D eigenvalue weighted by Crippen LogP contribution is 2.27. The van der Waals surface area contributed by atoms with Crippen molar-refractivity contribution in [3.63, 3.8) is 0 Å². The Labute approximate surface area is 113 Å². The lowest BCUT2D eigenvalue weighted by Crippen LogP contribution is -2.25. The van der Waals surface area contributed by atoms with Crippen molar-refractivity contribution in [2.24, 2.45) is 11.7 Å². The second-order valence-corrected chi connectivity index (χ2v) is 5.35. The maximum absolute atomic E-state index is 6.07. The van der Waals surface area contributed by atoms with E-state index in [-0.39, 0.29) is 0 Å². The van der Waals surface area contributed by atoms with E-state index < -0.39 is 0 Å². The number of hydrogen-bond acceptors (Lipinski definition) is 3. The van der Waals surface area contributed by atoms with Gasteiger partial charge in [0.05, 0.1) is 12.1 Å². The Hall–Kier alpha value is -1.61. The quantitative estimate of drug-likeness (QED) is 0.914. The molecular formula is C16H20N2O. The Bertz CT molecular complexity index is 555. The largest absolute Gasteiger partial charge is 0.494 e. The third kappa shape index (κ3) is 2.87. The van der Waals surface area contributed by atoms with Gasteiger partial charge in [0.15, 0.2) is 0 Å². The van der Waals surface area contributed by atoms with Crippen LogP contribution in [0.2, 0.25) is 0 Å². The van der Waals surface area contributed by atoms with E-state index >= 15 is 0 Å². The summed E-state index contributed by atoms with van der Waals surface area (Å²) in [5.41, 5.74) is 7.05. The molecule has 2 aromatic rings. The molecule has 1 aliphatic rings. The molecule has 0 radical (unpaired) electrons. The molecule has 2 atom stereocenters. The molecule has 1 aromatic heterocycles. The van der Waals surface area contributed by atoms with Gasteiger partial charge < -0.3 is 10.5 Å². The Morgan fingerprint density at radius 3 is 3.05 bits per heavy atom. The summed E-state index contributed by atoms with van der Waals surface area (Å²) in [5, 5.41) is 1.15. The van der Waals surface area contributed by atoms with Crippen LogP contribution in [0.1, 0.15) is 25.7 Å². The van der Waals surface area contributed by atoms with E-state index in [4.69, 9.17) is 10.5 Å². The van der Waals surface area contributed by atoms with Gasteiger partial charge in [0.2, 0.25) is 0 Å². The minimum atomic E-state index is 0.377. The van der Waals surface area contributed by atoms with Crippen LogP contribution in [0.15, 0.2) is 36.5 Å². The summed E-state index contributed by atoms with van der Waals surface area (Å²) in [5.74, 6) is 1.54. The van der Waals surface area contributed by atoms with Crippen molar-refractivity contribution in [3.05, 3.63) is 36.5 Å². The molecule has 0 saturated heterocycles. The van der Waals surface area contributed by atoms with Crippen molar-refractivity contribution in [1.82, 2.24) is 4.98 Å². The van der Waals surface area contributed by atoms with E-state index in [9.17, 15) is 0 Å². The third-order valence-electron chi connectivity index (χ3n) is 4.05. The number of pyridine rings is 1.